The van der Waals surface area contributed by atoms with Crippen LogP contribution in [-0.2, 0) is 0 Å². The van der Waals surface area contributed by atoms with Gasteiger partial charge in [-0.1, -0.05) is 78.9 Å². The maximum atomic E-state index is 6.55. The Labute approximate surface area is 147 Å². The lowest BCUT2D eigenvalue weighted by atomic mass is 9.92. The van der Waals surface area contributed by atoms with E-state index in [0.717, 1.165) is 28.1 Å². The molecular weight excluding hydrogens is 304 g/mol. The third-order valence-corrected chi connectivity index (χ3v) is 4.35. The molecule has 0 amide bonds. The summed E-state index contributed by atoms with van der Waals surface area (Å²) in [6, 6.07) is 30.8. The number of anilines is 1. The fourth-order valence-electron chi connectivity index (χ4n) is 3.13. The Bertz CT molecular complexity index is 993. The van der Waals surface area contributed by atoms with Crippen molar-refractivity contribution in [2.24, 2.45) is 0 Å². The predicted molar refractivity (Wildman–Crippen MR) is 105 cm³/mol. The van der Waals surface area contributed by atoms with E-state index in [1.807, 2.05) is 36.4 Å². The second-order valence-corrected chi connectivity index (χ2v) is 5.89. The molecule has 1 aromatic heterocycles. The lowest BCUT2D eigenvalue weighted by Crippen LogP contribution is -1.96. The molecule has 0 saturated heterocycles. The summed E-state index contributed by atoms with van der Waals surface area (Å²) >= 11 is 0. The van der Waals surface area contributed by atoms with Crippen LogP contribution in [0.25, 0.3) is 33.5 Å². The van der Waals surface area contributed by atoms with Crippen molar-refractivity contribution in [2.75, 3.05) is 5.73 Å². The Morgan fingerprint density at radius 3 is 1.92 bits per heavy atom. The van der Waals surface area contributed by atoms with Crippen molar-refractivity contribution in [3.63, 3.8) is 0 Å². The summed E-state index contributed by atoms with van der Waals surface area (Å²) in [7, 11) is 0. The van der Waals surface area contributed by atoms with Crippen LogP contribution in [0.3, 0.4) is 0 Å². The van der Waals surface area contributed by atoms with Crippen LogP contribution in [0.2, 0.25) is 0 Å². The maximum absolute atomic E-state index is 6.55. The molecule has 0 atom stereocenters. The zero-order valence-corrected chi connectivity index (χ0v) is 13.8. The van der Waals surface area contributed by atoms with Gasteiger partial charge < -0.3 is 5.73 Å². The van der Waals surface area contributed by atoms with Crippen LogP contribution in [0.5, 0.6) is 0 Å². The number of nitrogens with two attached hydrogens (primary N) is 1. The number of hydrogen-bond donors (Lipinski definition) is 1. The molecule has 4 aromatic rings. The largest absolute Gasteiger partial charge is 0.398 e. The smallest absolute Gasteiger partial charge is 0.0722 e. The van der Waals surface area contributed by atoms with E-state index in [1.165, 1.54) is 11.1 Å². The van der Waals surface area contributed by atoms with E-state index < -0.39 is 0 Å². The molecule has 0 aliphatic carbocycles. The van der Waals surface area contributed by atoms with Gasteiger partial charge in [0, 0.05) is 23.0 Å². The van der Waals surface area contributed by atoms with Crippen molar-refractivity contribution >= 4 is 5.69 Å². The van der Waals surface area contributed by atoms with Crippen LogP contribution < -0.4 is 5.73 Å². The topological polar surface area (TPSA) is 38.9 Å². The highest BCUT2D eigenvalue weighted by atomic mass is 14.7. The number of rotatable bonds is 3. The first-order chi connectivity index (χ1) is 12.3. The van der Waals surface area contributed by atoms with Crippen molar-refractivity contribution in [1.29, 1.82) is 0 Å². The summed E-state index contributed by atoms with van der Waals surface area (Å²) in [6.07, 6.45) is 1.79. The molecule has 1 heterocycles. The second kappa shape index (κ2) is 6.62. The molecule has 4 rings (SSSR count). The Hall–Kier alpha value is -3.39. The number of benzene rings is 3. The minimum absolute atomic E-state index is 0.754. The first-order valence-corrected chi connectivity index (χ1v) is 8.29. The van der Waals surface area contributed by atoms with Gasteiger partial charge in [0.15, 0.2) is 0 Å². The average Bonchev–Trinajstić information content (AvgIpc) is 2.70. The Morgan fingerprint density at radius 1 is 0.520 bits per heavy atom. The lowest BCUT2D eigenvalue weighted by molar-refractivity contribution is 1.33. The molecule has 0 aliphatic heterocycles. The Kier molecular flexibility index (Phi) is 4.01. The molecule has 2 heteroatoms. The maximum Gasteiger partial charge on any atom is 0.0722 e. The number of aromatic nitrogens is 1. The summed E-state index contributed by atoms with van der Waals surface area (Å²) < 4.78 is 0. The summed E-state index contributed by atoms with van der Waals surface area (Å²) in [5.41, 5.74) is 13.7. The van der Waals surface area contributed by atoms with Crippen molar-refractivity contribution in [2.45, 2.75) is 0 Å². The number of nitrogen functional groups attached to an aromatic ring is 1. The predicted octanol–water partition coefficient (Wildman–Crippen LogP) is 5.66. The van der Waals surface area contributed by atoms with Gasteiger partial charge in [0.2, 0.25) is 0 Å². The van der Waals surface area contributed by atoms with E-state index in [2.05, 4.69) is 59.6 Å². The zero-order chi connectivity index (χ0) is 17.1. The van der Waals surface area contributed by atoms with Crippen LogP contribution in [0, 0.1) is 0 Å². The lowest BCUT2D eigenvalue weighted by Gasteiger charge is -2.15. The summed E-state index contributed by atoms with van der Waals surface area (Å²) in [5, 5.41) is 0. The Morgan fingerprint density at radius 2 is 1.16 bits per heavy atom. The number of para-hydroxylation sites is 1. The van der Waals surface area contributed by atoms with Gasteiger partial charge in [0.25, 0.3) is 0 Å². The minimum atomic E-state index is 0.754. The molecule has 3 aromatic carbocycles. The van der Waals surface area contributed by atoms with Gasteiger partial charge in [-0.3, -0.25) is 4.98 Å². The summed E-state index contributed by atoms with van der Waals surface area (Å²) in [5.74, 6) is 0. The Balaban J connectivity index is 1.90. The molecule has 0 radical (unpaired) electrons. The molecule has 0 unspecified atom stereocenters. The second-order valence-electron chi connectivity index (χ2n) is 5.89. The molecule has 0 aliphatic rings. The van der Waals surface area contributed by atoms with Gasteiger partial charge in [-0.25, -0.2) is 0 Å². The normalized spacial score (nSPS) is 10.6. The number of hydrogen-bond acceptors (Lipinski definition) is 2. The first-order valence-electron chi connectivity index (χ1n) is 8.29. The summed E-state index contributed by atoms with van der Waals surface area (Å²) in [6.45, 7) is 0. The van der Waals surface area contributed by atoms with E-state index in [1.54, 1.807) is 6.20 Å². The minimum Gasteiger partial charge on any atom is -0.398 e. The third-order valence-electron chi connectivity index (χ3n) is 4.35. The van der Waals surface area contributed by atoms with Gasteiger partial charge in [-0.2, -0.15) is 0 Å². The van der Waals surface area contributed by atoms with E-state index in [0.29, 0.717) is 0 Å². The first kappa shape index (κ1) is 15.2. The van der Waals surface area contributed by atoms with Crippen molar-refractivity contribution in [1.82, 2.24) is 4.98 Å². The van der Waals surface area contributed by atoms with Crippen LogP contribution in [0.15, 0.2) is 97.2 Å². The fraction of sp³-hybridized carbons (Fsp3) is 0. The van der Waals surface area contributed by atoms with Crippen LogP contribution in [0.4, 0.5) is 5.69 Å². The van der Waals surface area contributed by atoms with Crippen molar-refractivity contribution < 1.29 is 0 Å². The zero-order valence-electron chi connectivity index (χ0n) is 13.8. The molecule has 25 heavy (non-hydrogen) atoms. The van der Waals surface area contributed by atoms with Gasteiger partial charge in [0.1, 0.15) is 0 Å². The van der Waals surface area contributed by atoms with Crippen LogP contribution in [-0.4, -0.2) is 4.98 Å². The van der Waals surface area contributed by atoms with E-state index in [4.69, 9.17) is 5.73 Å². The highest BCUT2D eigenvalue weighted by Crippen LogP contribution is 2.38. The van der Waals surface area contributed by atoms with Gasteiger partial charge >= 0.3 is 0 Å². The van der Waals surface area contributed by atoms with Crippen LogP contribution in [0.1, 0.15) is 0 Å². The molecule has 120 valence electrons. The van der Waals surface area contributed by atoms with Crippen molar-refractivity contribution in [3.05, 3.63) is 97.2 Å². The highest BCUT2D eigenvalue weighted by Gasteiger charge is 2.13. The van der Waals surface area contributed by atoms with E-state index >= 15 is 0 Å². The third kappa shape index (κ3) is 2.90. The number of nitrogens with zero attached hydrogens (tertiary/aromatic N) is 1. The van der Waals surface area contributed by atoms with E-state index in [-0.39, 0.29) is 0 Å². The van der Waals surface area contributed by atoms with Crippen molar-refractivity contribution in [3.8, 4) is 33.5 Å². The van der Waals surface area contributed by atoms with Crippen LogP contribution >= 0.6 is 0 Å². The molecule has 0 saturated carbocycles. The van der Waals surface area contributed by atoms with Gasteiger partial charge in [0.05, 0.1) is 5.69 Å². The molecule has 2 N–H and O–H groups in total. The quantitative estimate of drug-likeness (QED) is 0.494. The standard InChI is InChI=1S/C23H18N2/c24-23-20(13-8-14-21(23)22-15-6-7-16-25-22)19-12-5-4-11-18(19)17-9-2-1-3-10-17/h1-16H,24H2. The molecule has 2 nitrogen and oxygen atoms in total. The monoisotopic (exact) mass is 322 g/mol. The molecular formula is C23H18N2. The summed E-state index contributed by atoms with van der Waals surface area (Å²) in [4.78, 5) is 4.45. The highest BCUT2D eigenvalue weighted by molar-refractivity contribution is 5.93. The number of pyridine rings is 1. The molecule has 0 bridgehead atoms. The molecule has 0 fully saturated rings. The fourth-order valence-corrected chi connectivity index (χ4v) is 3.13. The SMILES string of the molecule is Nc1c(-c2ccccn2)cccc1-c1ccccc1-c1ccccc1. The van der Waals surface area contributed by atoms with Gasteiger partial charge in [-0.15, -0.1) is 0 Å². The molecule has 0 spiro atoms. The average molecular weight is 322 g/mol. The van der Waals surface area contributed by atoms with E-state index in [9.17, 15) is 0 Å². The van der Waals surface area contributed by atoms with Gasteiger partial charge in [-0.05, 0) is 28.8 Å².